The van der Waals surface area contributed by atoms with Gasteiger partial charge >= 0.3 is 0 Å². The fourth-order valence-corrected chi connectivity index (χ4v) is 3.27. The maximum Gasteiger partial charge on any atom is 0.227 e. The lowest BCUT2D eigenvalue weighted by Crippen LogP contribution is -2.33. The molecule has 26 heavy (non-hydrogen) atoms. The topological polar surface area (TPSA) is 67.2 Å². The fraction of sp³-hybridized carbons (Fsp3) is 0.450. The van der Waals surface area contributed by atoms with Gasteiger partial charge in [-0.1, -0.05) is 26.0 Å². The number of nitrogens with one attached hydrogen (secondary N) is 1. The zero-order chi connectivity index (χ0) is 18.7. The van der Waals surface area contributed by atoms with Gasteiger partial charge in [0.25, 0.3) is 0 Å². The van der Waals surface area contributed by atoms with Crippen molar-refractivity contribution >= 4 is 17.5 Å². The van der Waals surface area contributed by atoms with Gasteiger partial charge in [0.05, 0.1) is 24.5 Å². The molecule has 0 saturated carbocycles. The first-order chi connectivity index (χ1) is 12.5. The van der Waals surface area contributed by atoms with Crippen LogP contribution in [0.5, 0.6) is 0 Å². The first-order valence-electron chi connectivity index (χ1n) is 9.16. The summed E-state index contributed by atoms with van der Waals surface area (Å²) in [7, 11) is 0. The number of nitrogens with zero attached hydrogens (tertiary/aromatic N) is 3. The molecule has 1 aliphatic heterocycles. The molecule has 2 aromatic rings. The highest BCUT2D eigenvalue weighted by molar-refractivity contribution is 6.00. The zero-order valence-electron chi connectivity index (χ0n) is 15.6. The number of rotatable bonds is 6. The minimum absolute atomic E-state index is 0.000969. The van der Waals surface area contributed by atoms with E-state index in [1.165, 1.54) is 5.56 Å². The molecule has 1 fully saturated rings. The summed E-state index contributed by atoms with van der Waals surface area (Å²) in [5.74, 6) is 0.0586. The van der Waals surface area contributed by atoms with Gasteiger partial charge in [0.15, 0.2) is 0 Å². The van der Waals surface area contributed by atoms with E-state index in [4.69, 9.17) is 0 Å². The second kappa shape index (κ2) is 7.72. The monoisotopic (exact) mass is 354 g/mol. The van der Waals surface area contributed by atoms with E-state index in [2.05, 4.69) is 24.1 Å². The average molecular weight is 354 g/mol. The van der Waals surface area contributed by atoms with Crippen LogP contribution in [0.4, 0.5) is 5.69 Å². The second-order valence-electron chi connectivity index (χ2n) is 7.04. The van der Waals surface area contributed by atoms with Crippen LogP contribution in [-0.4, -0.2) is 27.9 Å². The second-order valence-corrected chi connectivity index (χ2v) is 7.04. The molecule has 0 aliphatic carbocycles. The van der Waals surface area contributed by atoms with Crippen LogP contribution < -0.4 is 10.2 Å². The van der Waals surface area contributed by atoms with Crippen LogP contribution >= 0.6 is 0 Å². The van der Waals surface area contributed by atoms with E-state index < -0.39 is 0 Å². The quantitative estimate of drug-likeness (QED) is 0.867. The van der Waals surface area contributed by atoms with Gasteiger partial charge in [-0.3, -0.25) is 9.59 Å². The van der Waals surface area contributed by atoms with Crippen LogP contribution in [0, 0.1) is 5.92 Å². The standard InChI is InChI=1S/C20H26N4O2/c1-4-23-13-21-10-18(23)11-22-20(26)16-9-19(25)24(12-16)17-7-5-15(6-8-17)14(2)3/h5-8,10,13-14,16H,4,9,11-12H2,1-3H3,(H,22,26)/t16-/m1/s1. The summed E-state index contributed by atoms with van der Waals surface area (Å²) < 4.78 is 1.99. The fourth-order valence-electron chi connectivity index (χ4n) is 3.27. The molecule has 0 unspecified atom stereocenters. The number of anilines is 1. The van der Waals surface area contributed by atoms with E-state index in [0.29, 0.717) is 19.0 Å². The molecule has 1 aliphatic rings. The Morgan fingerprint density at radius 1 is 1.31 bits per heavy atom. The minimum atomic E-state index is -0.315. The van der Waals surface area contributed by atoms with Crippen LogP contribution in [0.15, 0.2) is 36.8 Å². The van der Waals surface area contributed by atoms with Crippen LogP contribution in [0.3, 0.4) is 0 Å². The summed E-state index contributed by atoms with van der Waals surface area (Å²) in [6, 6.07) is 8.03. The SMILES string of the molecule is CCn1cncc1CNC(=O)[C@@H]1CC(=O)N(c2ccc(C(C)C)cc2)C1. The van der Waals surface area contributed by atoms with Gasteiger partial charge < -0.3 is 14.8 Å². The van der Waals surface area contributed by atoms with E-state index in [0.717, 1.165) is 17.9 Å². The Morgan fingerprint density at radius 2 is 2.04 bits per heavy atom. The van der Waals surface area contributed by atoms with E-state index in [1.54, 1.807) is 17.4 Å². The molecule has 1 aromatic heterocycles. The minimum Gasteiger partial charge on any atom is -0.350 e. The Labute approximate surface area is 154 Å². The first kappa shape index (κ1) is 18.2. The van der Waals surface area contributed by atoms with E-state index in [9.17, 15) is 9.59 Å². The van der Waals surface area contributed by atoms with Gasteiger partial charge in [0.2, 0.25) is 11.8 Å². The van der Waals surface area contributed by atoms with Crippen molar-refractivity contribution in [2.75, 3.05) is 11.4 Å². The Bertz CT molecular complexity index is 779. The van der Waals surface area contributed by atoms with Crippen LogP contribution in [-0.2, 0) is 22.7 Å². The van der Waals surface area contributed by atoms with Gasteiger partial charge in [0, 0.05) is 31.4 Å². The van der Waals surface area contributed by atoms with Crippen molar-refractivity contribution in [3.63, 3.8) is 0 Å². The highest BCUT2D eigenvalue weighted by atomic mass is 16.2. The predicted molar refractivity (Wildman–Crippen MR) is 101 cm³/mol. The number of hydrogen-bond donors (Lipinski definition) is 1. The summed E-state index contributed by atoms with van der Waals surface area (Å²) in [5, 5.41) is 2.94. The average Bonchev–Trinajstić information content (AvgIpc) is 3.25. The molecule has 138 valence electrons. The van der Waals surface area contributed by atoms with Crippen molar-refractivity contribution < 1.29 is 9.59 Å². The van der Waals surface area contributed by atoms with Crippen molar-refractivity contribution in [1.82, 2.24) is 14.9 Å². The summed E-state index contributed by atoms with van der Waals surface area (Å²) in [6.07, 6.45) is 3.76. The highest BCUT2D eigenvalue weighted by Crippen LogP contribution is 2.27. The van der Waals surface area contributed by atoms with Gasteiger partial charge in [0.1, 0.15) is 0 Å². The van der Waals surface area contributed by atoms with E-state index in [1.807, 2.05) is 35.8 Å². The summed E-state index contributed by atoms with van der Waals surface area (Å²) in [5.41, 5.74) is 3.06. The molecule has 0 bridgehead atoms. The zero-order valence-corrected chi connectivity index (χ0v) is 15.6. The molecule has 3 rings (SSSR count). The number of carbonyl (C=O) groups excluding carboxylic acids is 2. The molecule has 1 aromatic carbocycles. The number of imidazole rings is 1. The molecular formula is C20H26N4O2. The Kier molecular flexibility index (Phi) is 5.40. The van der Waals surface area contributed by atoms with Crippen molar-refractivity contribution in [1.29, 1.82) is 0 Å². The third-order valence-corrected chi connectivity index (χ3v) is 4.95. The number of aromatic nitrogens is 2. The molecule has 1 atom stereocenters. The molecule has 2 heterocycles. The molecule has 6 heteroatoms. The van der Waals surface area contributed by atoms with Crippen LogP contribution in [0.25, 0.3) is 0 Å². The highest BCUT2D eigenvalue weighted by Gasteiger charge is 2.35. The van der Waals surface area contributed by atoms with Gasteiger partial charge in [-0.05, 0) is 30.5 Å². The van der Waals surface area contributed by atoms with Gasteiger partial charge in [-0.25, -0.2) is 4.98 Å². The molecule has 2 amide bonds. The maximum absolute atomic E-state index is 12.5. The lowest BCUT2D eigenvalue weighted by molar-refractivity contribution is -0.126. The maximum atomic E-state index is 12.5. The van der Waals surface area contributed by atoms with Crippen LogP contribution in [0.2, 0.25) is 0 Å². The molecule has 0 spiro atoms. The lowest BCUT2D eigenvalue weighted by atomic mass is 10.0. The molecule has 0 radical (unpaired) electrons. The van der Waals surface area contributed by atoms with E-state index in [-0.39, 0.29) is 24.2 Å². The normalized spacial score (nSPS) is 17.2. The number of amides is 2. The Balaban J connectivity index is 1.60. The molecular weight excluding hydrogens is 328 g/mol. The number of aryl methyl sites for hydroxylation is 1. The smallest absolute Gasteiger partial charge is 0.227 e. The molecule has 1 N–H and O–H groups in total. The third kappa shape index (κ3) is 3.79. The number of carbonyl (C=O) groups is 2. The first-order valence-corrected chi connectivity index (χ1v) is 9.16. The molecule has 6 nitrogen and oxygen atoms in total. The van der Waals surface area contributed by atoms with Crippen molar-refractivity contribution in [2.45, 2.75) is 46.2 Å². The largest absolute Gasteiger partial charge is 0.350 e. The third-order valence-electron chi connectivity index (χ3n) is 4.95. The summed E-state index contributed by atoms with van der Waals surface area (Å²) in [6.45, 7) is 7.99. The Hall–Kier alpha value is -2.63. The van der Waals surface area contributed by atoms with Crippen molar-refractivity contribution in [2.24, 2.45) is 5.92 Å². The van der Waals surface area contributed by atoms with Crippen molar-refractivity contribution in [3.05, 3.63) is 48.0 Å². The lowest BCUT2D eigenvalue weighted by Gasteiger charge is -2.18. The van der Waals surface area contributed by atoms with Crippen molar-refractivity contribution in [3.8, 4) is 0 Å². The number of hydrogen-bond acceptors (Lipinski definition) is 3. The summed E-state index contributed by atoms with van der Waals surface area (Å²) in [4.78, 5) is 30.7. The number of benzene rings is 1. The van der Waals surface area contributed by atoms with Gasteiger partial charge in [-0.2, -0.15) is 0 Å². The van der Waals surface area contributed by atoms with Crippen LogP contribution in [0.1, 0.15) is 44.4 Å². The Morgan fingerprint density at radius 3 is 2.69 bits per heavy atom. The summed E-state index contributed by atoms with van der Waals surface area (Å²) >= 11 is 0. The molecule has 1 saturated heterocycles. The van der Waals surface area contributed by atoms with Gasteiger partial charge in [-0.15, -0.1) is 0 Å². The predicted octanol–water partition coefficient (Wildman–Crippen LogP) is 2.70. The van der Waals surface area contributed by atoms with E-state index >= 15 is 0 Å².